The van der Waals surface area contributed by atoms with Gasteiger partial charge in [0.25, 0.3) is 5.91 Å². The van der Waals surface area contributed by atoms with Gasteiger partial charge in [-0.2, -0.15) is 0 Å². The monoisotopic (exact) mass is 134 g/mol. The molecule has 50 valence electrons. The fourth-order valence-corrected chi connectivity index (χ4v) is 0.692. The van der Waals surface area contributed by atoms with Crippen molar-refractivity contribution in [3.8, 4) is 0 Å². The van der Waals surface area contributed by atoms with Gasteiger partial charge in [-0.1, -0.05) is 12.1 Å². The van der Waals surface area contributed by atoms with E-state index in [0.29, 0.717) is 5.69 Å². The fourth-order valence-electron chi connectivity index (χ4n) is 0.692. The first kappa shape index (κ1) is 6.61. The number of amides is 1. The summed E-state index contributed by atoms with van der Waals surface area (Å²) in [4.78, 5) is 10.3. The number of anilines is 1. The molecule has 1 rings (SSSR count). The number of hydrogen-bond acceptors (Lipinski definition) is 2. The molecule has 0 aliphatic carbocycles. The van der Waals surface area contributed by atoms with Crippen LogP contribution < -0.4 is 11.5 Å². The van der Waals surface area contributed by atoms with Crippen molar-refractivity contribution in [3.05, 3.63) is 29.8 Å². The van der Waals surface area contributed by atoms with Gasteiger partial charge < -0.3 is 5.73 Å². The van der Waals surface area contributed by atoms with Crippen LogP contribution in [-0.4, -0.2) is 5.91 Å². The number of nitrogens with two attached hydrogens (primary N) is 1. The Kier molecular flexibility index (Phi) is 1.58. The van der Waals surface area contributed by atoms with Crippen molar-refractivity contribution in [1.29, 1.82) is 0 Å². The molecule has 0 bridgehead atoms. The van der Waals surface area contributed by atoms with Crippen molar-refractivity contribution >= 4 is 11.6 Å². The maximum atomic E-state index is 10.3. The van der Waals surface area contributed by atoms with Crippen LogP contribution in [0.15, 0.2) is 24.3 Å². The van der Waals surface area contributed by atoms with Gasteiger partial charge in [-0.25, -0.2) is 0 Å². The van der Waals surface area contributed by atoms with Crippen molar-refractivity contribution in [2.45, 2.75) is 0 Å². The fraction of sp³-hybridized carbons (Fsp3) is 0. The molecule has 0 aromatic heterocycles. The number of nitrogens with zero attached hydrogens (tertiary/aromatic N) is 1. The average Bonchev–Trinajstić information content (AvgIpc) is 1.88. The van der Waals surface area contributed by atoms with Gasteiger partial charge >= 0.3 is 0 Å². The molecule has 2 radical (unpaired) electrons. The van der Waals surface area contributed by atoms with Crippen molar-refractivity contribution in [2.75, 3.05) is 5.73 Å². The molecule has 3 heteroatoms. The zero-order chi connectivity index (χ0) is 7.56. The van der Waals surface area contributed by atoms with Crippen LogP contribution in [-0.2, 0) is 0 Å². The van der Waals surface area contributed by atoms with E-state index >= 15 is 0 Å². The van der Waals surface area contributed by atoms with E-state index in [1.54, 1.807) is 18.2 Å². The third kappa shape index (κ3) is 1.07. The van der Waals surface area contributed by atoms with Crippen LogP contribution in [0.3, 0.4) is 0 Å². The van der Waals surface area contributed by atoms with Crippen LogP contribution in [0.25, 0.3) is 0 Å². The van der Waals surface area contributed by atoms with Crippen molar-refractivity contribution in [2.24, 2.45) is 0 Å². The molecule has 1 aromatic carbocycles. The van der Waals surface area contributed by atoms with Gasteiger partial charge in [-0.05, 0) is 12.1 Å². The number of carbonyl (C=O) groups excluding carboxylic acids is 1. The zero-order valence-electron chi connectivity index (χ0n) is 5.24. The average molecular weight is 134 g/mol. The lowest BCUT2D eigenvalue weighted by molar-refractivity contribution is 0.0993. The molecule has 0 fully saturated rings. The Morgan fingerprint density at radius 1 is 1.40 bits per heavy atom. The van der Waals surface area contributed by atoms with Crippen molar-refractivity contribution < 1.29 is 4.79 Å². The molecule has 3 nitrogen and oxygen atoms in total. The van der Waals surface area contributed by atoms with Gasteiger partial charge in [-0.3, -0.25) is 4.79 Å². The number of rotatable bonds is 1. The van der Waals surface area contributed by atoms with Gasteiger partial charge in [0.2, 0.25) is 0 Å². The maximum absolute atomic E-state index is 10.3. The summed E-state index contributed by atoms with van der Waals surface area (Å²) in [5.41, 5.74) is 14.3. The molecular weight excluding hydrogens is 128 g/mol. The van der Waals surface area contributed by atoms with Crippen LogP contribution in [0.5, 0.6) is 0 Å². The van der Waals surface area contributed by atoms with Crippen molar-refractivity contribution in [1.82, 2.24) is 5.73 Å². The summed E-state index contributed by atoms with van der Waals surface area (Å²) in [6.45, 7) is 0. The maximum Gasteiger partial charge on any atom is 0.297 e. The third-order valence-electron chi connectivity index (χ3n) is 1.19. The Balaban J connectivity index is 3.15. The molecule has 0 saturated carbocycles. The molecule has 0 atom stereocenters. The van der Waals surface area contributed by atoms with Crippen LogP contribution in [0.4, 0.5) is 5.69 Å². The summed E-state index contributed by atoms with van der Waals surface area (Å²) >= 11 is 0. The highest BCUT2D eigenvalue weighted by atomic mass is 16.1. The second kappa shape index (κ2) is 2.39. The molecule has 0 aliphatic rings. The summed E-state index contributed by atoms with van der Waals surface area (Å²) < 4.78 is 0. The van der Waals surface area contributed by atoms with E-state index in [2.05, 4.69) is 0 Å². The second-order valence-electron chi connectivity index (χ2n) is 1.89. The van der Waals surface area contributed by atoms with Gasteiger partial charge in [0.15, 0.2) is 0 Å². The van der Waals surface area contributed by atoms with Crippen LogP contribution >= 0.6 is 0 Å². The minimum absolute atomic E-state index is 0.155. The Morgan fingerprint density at radius 3 is 2.40 bits per heavy atom. The summed E-state index contributed by atoms with van der Waals surface area (Å²) in [5.74, 6) is -0.988. The second-order valence-corrected chi connectivity index (χ2v) is 1.89. The Hall–Kier alpha value is -1.51. The summed E-state index contributed by atoms with van der Waals surface area (Å²) in [5, 5.41) is 0. The number of para-hydroxylation sites is 1. The first-order valence-electron chi connectivity index (χ1n) is 2.79. The predicted molar refractivity (Wildman–Crippen MR) is 37.3 cm³/mol. The van der Waals surface area contributed by atoms with E-state index in [9.17, 15) is 4.79 Å². The minimum atomic E-state index is -0.988. The van der Waals surface area contributed by atoms with E-state index in [4.69, 9.17) is 11.5 Å². The molecular formula is C7H6N2O. The SMILES string of the molecule is [N]C(=O)c1ccccc1N. The topological polar surface area (TPSA) is 65.4 Å². The molecule has 10 heavy (non-hydrogen) atoms. The molecule has 0 aliphatic heterocycles. The third-order valence-corrected chi connectivity index (χ3v) is 1.19. The largest absolute Gasteiger partial charge is 0.398 e. The van der Waals surface area contributed by atoms with Crippen LogP contribution in [0, 0.1) is 0 Å². The van der Waals surface area contributed by atoms with Crippen molar-refractivity contribution in [3.63, 3.8) is 0 Å². The molecule has 1 aromatic rings. The number of nitrogen functional groups attached to an aromatic ring is 1. The Bertz CT molecular complexity index is 258. The molecule has 2 N–H and O–H groups in total. The Morgan fingerprint density at radius 2 is 2.00 bits per heavy atom. The summed E-state index contributed by atoms with van der Waals surface area (Å²) in [6.07, 6.45) is 0. The zero-order valence-corrected chi connectivity index (χ0v) is 5.24. The van der Waals surface area contributed by atoms with Gasteiger partial charge in [0.05, 0.1) is 5.56 Å². The standard InChI is InChI=1S/C7H6N2O/c8-6-4-2-1-3-5(6)7(9)10/h1-4H,8H2. The summed E-state index contributed by atoms with van der Waals surface area (Å²) in [6, 6.07) is 6.36. The van der Waals surface area contributed by atoms with Crippen LogP contribution in [0.2, 0.25) is 0 Å². The van der Waals surface area contributed by atoms with E-state index < -0.39 is 5.91 Å². The molecule has 0 heterocycles. The molecule has 0 spiro atoms. The smallest absolute Gasteiger partial charge is 0.297 e. The minimum Gasteiger partial charge on any atom is -0.398 e. The highest BCUT2D eigenvalue weighted by Crippen LogP contribution is 2.08. The first-order valence-corrected chi connectivity index (χ1v) is 2.79. The lowest BCUT2D eigenvalue weighted by Crippen LogP contribution is -2.02. The van der Waals surface area contributed by atoms with E-state index in [1.165, 1.54) is 6.07 Å². The van der Waals surface area contributed by atoms with Gasteiger partial charge in [-0.15, -0.1) is 5.73 Å². The van der Waals surface area contributed by atoms with E-state index in [1.807, 2.05) is 0 Å². The summed E-state index contributed by atoms with van der Waals surface area (Å²) in [7, 11) is 0. The predicted octanol–water partition coefficient (Wildman–Crippen LogP) is 0.478. The van der Waals surface area contributed by atoms with Gasteiger partial charge in [0.1, 0.15) is 0 Å². The van der Waals surface area contributed by atoms with E-state index in [-0.39, 0.29) is 5.56 Å². The number of hydrogen-bond donors (Lipinski definition) is 1. The quantitative estimate of drug-likeness (QED) is 0.567. The molecule has 0 unspecified atom stereocenters. The highest BCUT2D eigenvalue weighted by molar-refractivity contribution is 5.97. The van der Waals surface area contributed by atoms with Crippen LogP contribution in [0.1, 0.15) is 10.4 Å². The number of benzene rings is 1. The molecule has 1 amide bonds. The lowest BCUT2D eigenvalue weighted by Gasteiger charge is -1.95. The first-order chi connectivity index (χ1) is 4.72. The van der Waals surface area contributed by atoms with E-state index in [0.717, 1.165) is 0 Å². The normalized spacial score (nSPS) is 9.20. The van der Waals surface area contributed by atoms with Gasteiger partial charge in [0, 0.05) is 5.69 Å². The Labute approximate surface area is 58.6 Å². The molecule has 0 saturated heterocycles. The highest BCUT2D eigenvalue weighted by Gasteiger charge is 2.04. The lowest BCUT2D eigenvalue weighted by atomic mass is 10.2. The number of carbonyl (C=O) groups is 1.